The van der Waals surface area contributed by atoms with E-state index in [1.54, 1.807) is 0 Å². The van der Waals surface area contributed by atoms with Crippen molar-refractivity contribution in [2.75, 3.05) is 0 Å². The summed E-state index contributed by atoms with van der Waals surface area (Å²) < 4.78 is 0. The number of nitrogens with one attached hydrogen (secondary N) is 1. The molecule has 0 aliphatic heterocycles. The molecule has 0 spiro atoms. The molecular weight excluding hydrogens is 328 g/mol. The summed E-state index contributed by atoms with van der Waals surface area (Å²) in [4.78, 5) is 26.9. The molecule has 26 heavy (non-hydrogen) atoms. The molecule has 0 saturated heterocycles. The fourth-order valence-electron chi connectivity index (χ4n) is 3.08. The van der Waals surface area contributed by atoms with Crippen molar-refractivity contribution in [1.29, 1.82) is 0 Å². The second-order valence-corrected chi connectivity index (χ2v) is 5.92. The van der Waals surface area contributed by atoms with Gasteiger partial charge in [-0.2, -0.15) is 0 Å². The smallest absolute Gasteiger partial charge is 0.269 e. The number of para-hydroxylation sites is 1. The van der Waals surface area contributed by atoms with Crippen molar-refractivity contribution < 1.29 is 9.72 Å². The zero-order chi connectivity index (χ0) is 18.1. The standard InChI is InChI=1S/C21H14N2O3/c24-21(15-10-12-16(13-11-15)23(25)26)19-17-8-4-5-9-18(17)22-20(19)14-6-2-1-3-7-14/h1-13,22H. The molecular formula is C21H14N2O3. The van der Waals surface area contributed by atoms with E-state index in [1.807, 2.05) is 54.6 Å². The minimum absolute atomic E-state index is 0.0382. The number of non-ortho nitro benzene ring substituents is 1. The molecule has 0 bridgehead atoms. The third-order valence-electron chi connectivity index (χ3n) is 4.34. The molecule has 1 N–H and O–H groups in total. The lowest BCUT2D eigenvalue weighted by Gasteiger charge is -2.05. The van der Waals surface area contributed by atoms with Gasteiger partial charge in [-0.3, -0.25) is 14.9 Å². The van der Waals surface area contributed by atoms with Gasteiger partial charge in [0.2, 0.25) is 0 Å². The Labute approximate surface area is 149 Å². The monoisotopic (exact) mass is 342 g/mol. The van der Waals surface area contributed by atoms with E-state index >= 15 is 0 Å². The van der Waals surface area contributed by atoms with Crippen LogP contribution in [0.25, 0.3) is 22.2 Å². The first-order valence-electron chi connectivity index (χ1n) is 8.10. The van der Waals surface area contributed by atoms with Crippen LogP contribution in [0.15, 0.2) is 78.9 Å². The lowest BCUT2D eigenvalue weighted by atomic mass is 9.97. The largest absolute Gasteiger partial charge is 0.354 e. The second-order valence-electron chi connectivity index (χ2n) is 5.92. The van der Waals surface area contributed by atoms with E-state index in [9.17, 15) is 14.9 Å². The molecule has 0 radical (unpaired) electrons. The Morgan fingerprint density at radius 2 is 1.50 bits per heavy atom. The lowest BCUT2D eigenvalue weighted by Crippen LogP contribution is -2.03. The summed E-state index contributed by atoms with van der Waals surface area (Å²) in [6.45, 7) is 0. The number of hydrogen-bond acceptors (Lipinski definition) is 3. The third-order valence-corrected chi connectivity index (χ3v) is 4.34. The van der Waals surface area contributed by atoms with E-state index in [1.165, 1.54) is 24.3 Å². The van der Waals surface area contributed by atoms with Crippen molar-refractivity contribution in [3.05, 3.63) is 100 Å². The Balaban J connectivity index is 1.89. The first-order chi connectivity index (χ1) is 12.6. The topological polar surface area (TPSA) is 76.0 Å². The highest BCUT2D eigenvalue weighted by molar-refractivity contribution is 6.20. The van der Waals surface area contributed by atoms with Crippen LogP contribution >= 0.6 is 0 Å². The summed E-state index contributed by atoms with van der Waals surface area (Å²) in [5.74, 6) is -0.170. The van der Waals surface area contributed by atoms with Gasteiger partial charge in [0, 0.05) is 28.6 Å². The Morgan fingerprint density at radius 1 is 0.846 bits per heavy atom. The summed E-state index contributed by atoms with van der Waals surface area (Å²) in [5, 5.41) is 11.7. The van der Waals surface area contributed by atoms with Gasteiger partial charge in [0.1, 0.15) is 0 Å². The van der Waals surface area contributed by atoms with E-state index in [0.29, 0.717) is 11.1 Å². The molecule has 3 aromatic carbocycles. The Hall–Kier alpha value is -3.73. The zero-order valence-corrected chi connectivity index (χ0v) is 13.7. The SMILES string of the molecule is O=C(c1ccc([N+](=O)[O-])cc1)c1c(-c2ccccc2)[nH]c2ccccc12. The predicted molar refractivity (Wildman–Crippen MR) is 100 cm³/mol. The number of benzene rings is 3. The maximum atomic E-state index is 13.2. The molecule has 0 amide bonds. The van der Waals surface area contributed by atoms with Crippen molar-refractivity contribution in [3.8, 4) is 11.3 Å². The maximum absolute atomic E-state index is 13.2. The van der Waals surface area contributed by atoms with Gasteiger partial charge < -0.3 is 4.98 Å². The van der Waals surface area contributed by atoms with Gasteiger partial charge in [0.25, 0.3) is 5.69 Å². The minimum atomic E-state index is -0.477. The summed E-state index contributed by atoms with van der Waals surface area (Å²) >= 11 is 0. The third kappa shape index (κ3) is 2.65. The van der Waals surface area contributed by atoms with Crippen LogP contribution in [-0.4, -0.2) is 15.7 Å². The van der Waals surface area contributed by atoms with Gasteiger partial charge >= 0.3 is 0 Å². The lowest BCUT2D eigenvalue weighted by molar-refractivity contribution is -0.384. The molecule has 1 heterocycles. The molecule has 0 aliphatic rings. The number of fused-ring (bicyclic) bond motifs is 1. The number of hydrogen-bond donors (Lipinski definition) is 1. The van der Waals surface area contributed by atoms with Crippen LogP contribution in [0.3, 0.4) is 0 Å². The van der Waals surface area contributed by atoms with E-state index < -0.39 is 4.92 Å². The normalized spacial score (nSPS) is 10.8. The summed E-state index contributed by atoms with van der Waals surface area (Å²) in [5.41, 5.74) is 3.47. The molecule has 4 aromatic rings. The fourth-order valence-corrected chi connectivity index (χ4v) is 3.08. The average Bonchev–Trinajstić information content (AvgIpc) is 3.08. The molecule has 4 rings (SSSR count). The molecule has 1 aromatic heterocycles. The van der Waals surface area contributed by atoms with Crippen LogP contribution in [-0.2, 0) is 0 Å². The second kappa shape index (κ2) is 6.29. The van der Waals surface area contributed by atoms with Gasteiger partial charge in [0.15, 0.2) is 5.78 Å². The highest BCUT2D eigenvalue weighted by Crippen LogP contribution is 2.32. The Bertz CT molecular complexity index is 1110. The van der Waals surface area contributed by atoms with Crippen LogP contribution in [0.1, 0.15) is 15.9 Å². The average molecular weight is 342 g/mol. The number of carbonyl (C=O) groups is 1. The first kappa shape index (κ1) is 15.8. The molecule has 0 unspecified atom stereocenters. The zero-order valence-electron chi connectivity index (χ0n) is 13.7. The van der Waals surface area contributed by atoms with Crippen LogP contribution in [0.5, 0.6) is 0 Å². The molecule has 126 valence electrons. The number of aromatic amines is 1. The number of nitro benzene ring substituents is 1. The molecule has 0 fully saturated rings. The van der Waals surface area contributed by atoms with Crippen LogP contribution in [0, 0.1) is 10.1 Å². The van der Waals surface area contributed by atoms with Gasteiger partial charge in [0.05, 0.1) is 16.2 Å². The fraction of sp³-hybridized carbons (Fsp3) is 0. The van der Waals surface area contributed by atoms with Gasteiger partial charge in [-0.25, -0.2) is 0 Å². The summed E-state index contributed by atoms with van der Waals surface area (Å²) in [6, 6.07) is 23.0. The van der Waals surface area contributed by atoms with Gasteiger partial charge in [-0.15, -0.1) is 0 Å². The Morgan fingerprint density at radius 3 is 2.19 bits per heavy atom. The summed E-state index contributed by atoms with van der Waals surface area (Å²) in [6.07, 6.45) is 0. The van der Waals surface area contributed by atoms with Crippen molar-refractivity contribution in [2.24, 2.45) is 0 Å². The van der Waals surface area contributed by atoms with Gasteiger partial charge in [-0.05, 0) is 23.8 Å². The van der Waals surface area contributed by atoms with E-state index in [-0.39, 0.29) is 11.5 Å². The number of nitrogens with zero attached hydrogens (tertiary/aromatic N) is 1. The van der Waals surface area contributed by atoms with E-state index in [4.69, 9.17) is 0 Å². The number of nitro groups is 1. The molecule has 0 saturated carbocycles. The Kier molecular flexibility index (Phi) is 3.82. The summed E-state index contributed by atoms with van der Waals surface area (Å²) in [7, 11) is 0. The number of ketones is 1. The minimum Gasteiger partial charge on any atom is -0.354 e. The van der Waals surface area contributed by atoms with Crippen molar-refractivity contribution in [2.45, 2.75) is 0 Å². The predicted octanol–water partition coefficient (Wildman–Crippen LogP) is 4.97. The van der Waals surface area contributed by atoms with Crippen molar-refractivity contribution in [3.63, 3.8) is 0 Å². The number of H-pyrrole nitrogens is 1. The van der Waals surface area contributed by atoms with Crippen LogP contribution in [0.2, 0.25) is 0 Å². The molecule has 5 heteroatoms. The molecule has 5 nitrogen and oxygen atoms in total. The quantitative estimate of drug-likeness (QED) is 0.323. The van der Waals surface area contributed by atoms with Crippen molar-refractivity contribution >= 4 is 22.4 Å². The maximum Gasteiger partial charge on any atom is 0.269 e. The first-order valence-corrected chi connectivity index (χ1v) is 8.10. The number of rotatable bonds is 4. The van der Waals surface area contributed by atoms with E-state index in [2.05, 4.69) is 4.98 Å². The highest BCUT2D eigenvalue weighted by Gasteiger charge is 2.21. The van der Waals surface area contributed by atoms with Crippen molar-refractivity contribution in [1.82, 2.24) is 4.98 Å². The van der Waals surface area contributed by atoms with Gasteiger partial charge in [-0.1, -0.05) is 48.5 Å². The molecule has 0 atom stereocenters. The highest BCUT2D eigenvalue weighted by atomic mass is 16.6. The van der Waals surface area contributed by atoms with Crippen LogP contribution < -0.4 is 0 Å². The van der Waals surface area contributed by atoms with Crippen LogP contribution in [0.4, 0.5) is 5.69 Å². The van der Waals surface area contributed by atoms with E-state index in [0.717, 1.165) is 22.2 Å². The molecule has 0 aliphatic carbocycles. The number of aromatic nitrogens is 1. The number of carbonyl (C=O) groups excluding carboxylic acids is 1.